The van der Waals surface area contributed by atoms with Gasteiger partial charge in [0.2, 0.25) is 5.60 Å². The number of aryl methyl sites for hydroxylation is 1. The number of carbonyl (C=O) groups is 5. The zero-order valence-corrected chi connectivity index (χ0v) is 55.8. The van der Waals surface area contributed by atoms with E-state index in [2.05, 4.69) is 27.7 Å². The fraction of sp³-hybridized carbons (Fsp3) is 0.433. The number of β-lactam (4-membered cyclic amide) rings is 1. The van der Waals surface area contributed by atoms with Gasteiger partial charge < -0.3 is 52.6 Å². The quantitative estimate of drug-likeness (QED) is 0.0116. The fourth-order valence-electron chi connectivity index (χ4n) is 9.79. The summed E-state index contributed by atoms with van der Waals surface area (Å²) in [6, 6.07) is 21.6. The number of aromatic nitrogens is 2. The number of carbonyl (C=O) groups excluding carboxylic acids is 5. The van der Waals surface area contributed by atoms with Gasteiger partial charge in [-0.1, -0.05) is 61.3 Å². The van der Waals surface area contributed by atoms with Crippen molar-refractivity contribution >= 4 is 74.7 Å². The van der Waals surface area contributed by atoms with Crippen molar-refractivity contribution in [3.63, 3.8) is 0 Å². The number of esters is 2. The zero-order chi connectivity index (χ0) is 66.7. The number of pyridine rings is 1. The number of hydrogen-bond acceptors (Lipinski definition) is 20. The molecule has 0 spiro atoms. The van der Waals surface area contributed by atoms with Crippen LogP contribution in [0, 0.1) is 5.82 Å². The molecule has 25 heteroatoms. The van der Waals surface area contributed by atoms with E-state index in [0.29, 0.717) is 46.9 Å². The van der Waals surface area contributed by atoms with Gasteiger partial charge in [-0.2, -0.15) is 0 Å². The number of amides is 3. The molecule has 2 aliphatic rings. The molecule has 1 saturated heterocycles. The van der Waals surface area contributed by atoms with E-state index in [1.165, 1.54) is 49.1 Å². The first-order chi connectivity index (χ1) is 43.7. The van der Waals surface area contributed by atoms with E-state index in [4.69, 9.17) is 42.7 Å². The van der Waals surface area contributed by atoms with Gasteiger partial charge in [0.05, 0.1) is 32.2 Å². The summed E-state index contributed by atoms with van der Waals surface area (Å²) >= 11 is 2.25. The molecular weight excluding hydrogens is 1230 g/mol. The highest BCUT2D eigenvalue weighted by Gasteiger charge is 2.55. The Morgan fingerprint density at radius 1 is 0.772 bits per heavy atom. The predicted octanol–water partition coefficient (Wildman–Crippen LogP) is 11.1. The Hall–Kier alpha value is -8.68. The Labute approximate surface area is 542 Å². The van der Waals surface area contributed by atoms with Crippen LogP contribution in [0.25, 0.3) is 10.9 Å². The van der Waals surface area contributed by atoms with Gasteiger partial charge in [-0.3, -0.25) is 29.5 Å². The number of ether oxygens (including phenoxy) is 8. The molecule has 492 valence electrons. The monoisotopic (exact) mass is 1310 g/mol. The van der Waals surface area contributed by atoms with Crippen LogP contribution in [0.15, 0.2) is 112 Å². The lowest BCUT2D eigenvalue weighted by molar-refractivity contribution is -0.179. The van der Waals surface area contributed by atoms with Crippen LogP contribution in [0.1, 0.15) is 116 Å². The van der Waals surface area contributed by atoms with Crippen LogP contribution >= 0.6 is 23.1 Å². The minimum absolute atomic E-state index is 0.0102. The highest BCUT2D eigenvalue weighted by Crippen LogP contribution is 2.42. The summed E-state index contributed by atoms with van der Waals surface area (Å²) in [5, 5.41) is 10.1. The third kappa shape index (κ3) is 17.5. The molecule has 92 heavy (non-hydrogen) atoms. The largest absolute Gasteiger partial charge is 0.497 e. The first kappa shape index (κ1) is 69.2. The van der Waals surface area contributed by atoms with Crippen LogP contribution in [-0.4, -0.2) is 123 Å². The third-order valence-corrected chi connectivity index (χ3v) is 16.6. The number of fused-ring (bicyclic) bond motifs is 2. The van der Waals surface area contributed by atoms with Gasteiger partial charge in [0.25, 0.3) is 11.8 Å². The van der Waals surface area contributed by atoms with Crippen LogP contribution in [0.3, 0.4) is 0 Å². The maximum atomic E-state index is 17.4. The molecule has 2 atom stereocenters. The van der Waals surface area contributed by atoms with Crippen LogP contribution in [-0.2, 0) is 71.1 Å². The smallest absolute Gasteiger partial charge is 0.413 e. The molecule has 0 unspecified atom stereocenters. The highest BCUT2D eigenvalue weighted by atomic mass is 32.2. The summed E-state index contributed by atoms with van der Waals surface area (Å²) in [5.41, 5.74) is -1.44. The van der Waals surface area contributed by atoms with Crippen LogP contribution in [0.4, 0.5) is 14.3 Å². The standard InChI is InChI=1S/C67H80FN7O15S2/c1-14-16-17-30-73(32-43-34-74(15-2)55-48(56(43)76)31-50(85-35-40-18-24-45(82-11)25-19-40)57(51(55)68)86-36-41-20-26-46(83-12)27-21-41)33-44-38-91-60-53(59(78)75(60)54(44)61(79)87-37-42-22-28-47(84-13)29-23-42)70-58(77)52(72-90-67(9,10)62(80)88-65(3,4)5)49-39-92-63(69-49)71-64(81)89-66(6,7)8/h18-29,31,34,39,53,60H,14-17,30,32-33,35-38H2,1-13H3,(H,70,77)(H,69,71,81)/b72-52-/t53-,60-/m1/s1. The highest BCUT2D eigenvalue weighted by molar-refractivity contribution is 8.00. The third-order valence-electron chi connectivity index (χ3n) is 14.5. The molecule has 0 aliphatic carbocycles. The number of oxime groups is 1. The second-order valence-corrected chi connectivity index (χ2v) is 26.3. The molecule has 6 aromatic rings. The zero-order valence-electron chi connectivity index (χ0n) is 54.1. The Bertz CT molecular complexity index is 3760. The average molecular weight is 1310 g/mol. The van der Waals surface area contributed by atoms with E-state index >= 15 is 9.18 Å². The van der Waals surface area contributed by atoms with Gasteiger partial charge in [0, 0.05) is 42.5 Å². The SMILES string of the molecule is CCCCCN(CC1=C(C(=O)OCc2ccc(OC)cc2)N2C(=O)[C@@H](NC(=O)/C(=N\OC(C)(C)C(=O)OC(C)(C)C)c3csc(NC(=O)OC(C)(C)C)n3)[C@H]2SC1)Cc1cn(CC)c2c(F)c(OCc3ccc(OC)cc3)c(OCc3ccc(OC)cc3)cc2c1=O. The summed E-state index contributed by atoms with van der Waals surface area (Å²) in [4.78, 5) is 98.8. The number of thioether (sulfide) groups is 1. The van der Waals surface area contributed by atoms with Gasteiger partial charge in [0.1, 0.15) is 71.1 Å². The first-order valence-corrected chi connectivity index (χ1v) is 32.0. The summed E-state index contributed by atoms with van der Waals surface area (Å²) in [7, 11) is 4.67. The number of nitrogens with zero attached hydrogens (tertiary/aromatic N) is 5. The van der Waals surface area contributed by atoms with Crippen LogP contribution in [0.5, 0.6) is 28.7 Å². The minimum atomic E-state index is -1.73. The lowest BCUT2D eigenvalue weighted by Crippen LogP contribution is -2.71. The number of anilines is 1. The minimum Gasteiger partial charge on any atom is -0.497 e. The lowest BCUT2D eigenvalue weighted by Gasteiger charge is -2.50. The van der Waals surface area contributed by atoms with Gasteiger partial charge >= 0.3 is 18.0 Å². The van der Waals surface area contributed by atoms with Crippen molar-refractivity contribution < 1.29 is 71.1 Å². The van der Waals surface area contributed by atoms with E-state index < -0.39 is 75.0 Å². The number of hydrogen-bond donors (Lipinski definition) is 2. The summed E-state index contributed by atoms with van der Waals surface area (Å²) in [5.74, 6) is -2.04. The maximum Gasteiger partial charge on any atom is 0.413 e. The van der Waals surface area contributed by atoms with Crippen molar-refractivity contribution in [1.29, 1.82) is 0 Å². The molecule has 22 nitrogen and oxygen atoms in total. The second kappa shape index (κ2) is 30.2. The number of halogens is 1. The summed E-state index contributed by atoms with van der Waals surface area (Å²) in [6.07, 6.45) is 3.26. The fourth-order valence-corrected chi connectivity index (χ4v) is 11.8. The Kier molecular flexibility index (Phi) is 22.7. The molecule has 3 amide bonds. The Morgan fingerprint density at radius 2 is 1.36 bits per heavy atom. The van der Waals surface area contributed by atoms with Gasteiger partial charge in [-0.25, -0.2) is 23.8 Å². The first-order valence-electron chi connectivity index (χ1n) is 30.1. The molecule has 4 aromatic carbocycles. The van der Waals surface area contributed by atoms with E-state index in [1.54, 1.807) is 115 Å². The van der Waals surface area contributed by atoms with Gasteiger partial charge in [0.15, 0.2) is 33.6 Å². The van der Waals surface area contributed by atoms with Crippen LogP contribution in [0.2, 0.25) is 0 Å². The number of rotatable bonds is 28. The number of unbranched alkanes of at least 4 members (excludes halogenated alkanes) is 2. The summed E-state index contributed by atoms with van der Waals surface area (Å²) in [6.45, 7) is 17.6. The number of methoxy groups -OCH3 is 3. The number of benzene rings is 4. The topological polar surface area (TPSA) is 246 Å². The molecule has 0 radical (unpaired) electrons. The normalized spacial score (nSPS) is 15.1. The van der Waals surface area contributed by atoms with Crippen molar-refractivity contribution in [2.75, 3.05) is 45.5 Å². The summed E-state index contributed by atoms with van der Waals surface area (Å²) < 4.78 is 64.6. The van der Waals surface area contributed by atoms with E-state index in [1.807, 2.05) is 36.1 Å². The molecule has 0 saturated carbocycles. The number of thiazole rings is 1. The molecular formula is C67H80FN7O15S2. The lowest BCUT2D eigenvalue weighted by atomic mass is 10.0. The van der Waals surface area contributed by atoms with E-state index in [-0.39, 0.29) is 84.1 Å². The van der Waals surface area contributed by atoms with Crippen molar-refractivity contribution in [3.8, 4) is 28.7 Å². The number of nitrogens with one attached hydrogen (secondary N) is 2. The van der Waals surface area contributed by atoms with Crippen molar-refractivity contribution in [2.24, 2.45) is 5.16 Å². The van der Waals surface area contributed by atoms with Gasteiger partial charge in [-0.15, -0.1) is 23.1 Å². The van der Waals surface area contributed by atoms with Crippen molar-refractivity contribution in [3.05, 3.63) is 146 Å². The van der Waals surface area contributed by atoms with Gasteiger partial charge in [-0.05, 0) is 140 Å². The molecule has 4 heterocycles. The second-order valence-electron chi connectivity index (χ2n) is 24.3. The van der Waals surface area contributed by atoms with Crippen LogP contribution < -0.4 is 39.7 Å². The molecule has 2 aromatic heterocycles. The van der Waals surface area contributed by atoms with Crippen molar-refractivity contribution in [2.45, 2.75) is 150 Å². The van der Waals surface area contributed by atoms with E-state index in [0.717, 1.165) is 35.3 Å². The molecule has 2 N–H and O–H groups in total. The van der Waals surface area contributed by atoms with Crippen molar-refractivity contribution in [1.82, 2.24) is 24.7 Å². The molecule has 1 fully saturated rings. The molecule has 0 bridgehead atoms. The van der Waals surface area contributed by atoms with E-state index in [9.17, 15) is 24.0 Å². The molecule has 8 rings (SSSR count). The Morgan fingerprint density at radius 3 is 1.92 bits per heavy atom. The Balaban J connectivity index is 1.13. The maximum absolute atomic E-state index is 17.4. The predicted molar refractivity (Wildman–Crippen MR) is 348 cm³/mol. The average Bonchev–Trinajstić information content (AvgIpc) is 0.800. The molecule has 2 aliphatic heterocycles.